The maximum atomic E-state index is 12.5. The molecular weight excluding hydrogens is 390 g/mol. The van der Waals surface area contributed by atoms with Crippen LogP contribution < -0.4 is 0 Å². The van der Waals surface area contributed by atoms with Crippen LogP contribution in [0, 0.1) is 6.92 Å². The second-order valence-electron chi connectivity index (χ2n) is 6.53. The Kier molecular flexibility index (Phi) is 6.66. The molecule has 3 rings (SSSR count). The standard InChI is InChI=1S/C21H21N3O4S/c1-14-8-10-15(11-9-14)20-22-18(23-28-20)12-27-21(26)16-6-4-5-7-17(16)29-13-19(25)24(2)3/h4-11H,12-13H2,1-3H3. The van der Waals surface area contributed by atoms with E-state index < -0.39 is 5.97 Å². The minimum Gasteiger partial charge on any atom is -0.454 e. The molecule has 0 saturated heterocycles. The van der Waals surface area contributed by atoms with Gasteiger partial charge in [0.05, 0.1) is 11.3 Å². The van der Waals surface area contributed by atoms with E-state index in [0.29, 0.717) is 16.3 Å². The van der Waals surface area contributed by atoms with Gasteiger partial charge in [-0.05, 0) is 31.2 Å². The summed E-state index contributed by atoms with van der Waals surface area (Å²) in [5, 5.41) is 3.86. The van der Waals surface area contributed by atoms with Gasteiger partial charge in [-0.3, -0.25) is 4.79 Å². The van der Waals surface area contributed by atoms with Crippen LogP contribution >= 0.6 is 11.8 Å². The van der Waals surface area contributed by atoms with Crippen molar-refractivity contribution in [3.8, 4) is 11.5 Å². The van der Waals surface area contributed by atoms with Gasteiger partial charge in [0.15, 0.2) is 6.61 Å². The minimum atomic E-state index is -0.507. The van der Waals surface area contributed by atoms with E-state index in [1.165, 1.54) is 16.7 Å². The van der Waals surface area contributed by atoms with Crippen molar-refractivity contribution in [2.45, 2.75) is 18.4 Å². The first-order valence-electron chi connectivity index (χ1n) is 8.93. The quantitative estimate of drug-likeness (QED) is 0.434. The maximum Gasteiger partial charge on any atom is 0.339 e. The highest BCUT2D eigenvalue weighted by Gasteiger charge is 2.16. The maximum absolute atomic E-state index is 12.5. The summed E-state index contributed by atoms with van der Waals surface area (Å²) in [4.78, 5) is 30.8. The van der Waals surface area contributed by atoms with E-state index in [4.69, 9.17) is 9.26 Å². The van der Waals surface area contributed by atoms with Crippen LogP contribution in [0.1, 0.15) is 21.7 Å². The highest BCUT2D eigenvalue weighted by Crippen LogP contribution is 2.24. The molecule has 0 aliphatic carbocycles. The Balaban J connectivity index is 1.63. The van der Waals surface area contributed by atoms with Crippen LogP contribution in [0.15, 0.2) is 57.9 Å². The molecule has 0 bridgehead atoms. The predicted molar refractivity (Wildman–Crippen MR) is 109 cm³/mol. The molecule has 0 spiro atoms. The van der Waals surface area contributed by atoms with Gasteiger partial charge in [0.2, 0.25) is 11.7 Å². The van der Waals surface area contributed by atoms with E-state index in [1.807, 2.05) is 37.3 Å². The average Bonchev–Trinajstić information content (AvgIpc) is 3.20. The van der Waals surface area contributed by atoms with E-state index >= 15 is 0 Å². The van der Waals surface area contributed by atoms with Crippen molar-refractivity contribution in [3.63, 3.8) is 0 Å². The summed E-state index contributed by atoms with van der Waals surface area (Å²) < 4.78 is 10.6. The molecule has 2 aromatic carbocycles. The number of aromatic nitrogens is 2. The molecule has 7 nitrogen and oxygen atoms in total. The molecule has 1 aromatic heterocycles. The molecule has 1 heterocycles. The fourth-order valence-corrected chi connectivity index (χ4v) is 3.38. The van der Waals surface area contributed by atoms with Gasteiger partial charge in [-0.25, -0.2) is 4.79 Å². The highest BCUT2D eigenvalue weighted by atomic mass is 32.2. The van der Waals surface area contributed by atoms with Crippen LogP contribution in [0.3, 0.4) is 0 Å². The van der Waals surface area contributed by atoms with Crippen LogP contribution in [0.2, 0.25) is 0 Å². The molecule has 1 amide bonds. The van der Waals surface area contributed by atoms with Gasteiger partial charge < -0.3 is 14.2 Å². The second kappa shape index (κ2) is 9.38. The van der Waals surface area contributed by atoms with Crippen LogP contribution in [-0.4, -0.2) is 46.8 Å². The van der Waals surface area contributed by atoms with Crippen molar-refractivity contribution in [2.75, 3.05) is 19.8 Å². The first kappa shape index (κ1) is 20.6. The van der Waals surface area contributed by atoms with Crippen molar-refractivity contribution >= 4 is 23.6 Å². The Bertz CT molecular complexity index is 999. The summed E-state index contributed by atoms with van der Waals surface area (Å²) in [6.45, 7) is 1.89. The van der Waals surface area contributed by atoms with Gasteiger partial charge in [0, 0.05) is 24.6 Å². The lowest BCUT2D eigenvalue weighted by Crippen LogP contribution is -2.23. The van der Waals surface area contributed by atoms with Crippen LogP contribution in [-0.2, 0) is 16.1 Å². The van der Waals surface area contributed by atoms with E-state index in [-0.39, 0.29) is 24.1 Å². The van der Waals surface area contributed by atoms with Gasteiger partial charge in [-0.15, -0.1) is 11.8 Å². The zero-order valence-corrected chi connectivity index (χ0v) is 17.2. The number of rotatable bonds is 7. The predicted octanol–water partition coefficient (Wildman–Crippen LogP) is 3.58. The van der Waals surface area contributed by atoms with Crippen molar-refractivity contribution in [1.82, 2.24) is 15.0 Å². The molecule has 0 saturated carbocycles. The van der Waals surface area contributed by atoms with Crippen molar-refractivity contribution < 1.29 is 18.8 Å². The Morgan fingerprint density at radius 1 is 1.10 bits per heavy atom. The number of thioether (sulfide) groups is 1. The number of aryl methyl sites for hydroxylation is 1. The molecule has 0 N–H and O–H groups in total. The van der Waals surface area contributed by atoms with Crippen LogP contribution in [0.4, 0.5) is 0 Å². The third-order valence-corrected chi connectivity index (χ3v) is 5.11. The Morgan fingerprint density at radius 2 is 1.83 bits per heavy atom. The van der Waals surface area contributed by atoms with Gasteiger partial charge in [-0.1, -0.05) is 35.0 Å². The molecule has 29 heavy (non-hydrogen) atoms. The number of ether oxygens (including phenoxy) is 1. The van der Waals surface area contributed by atoms with Crippen molar-refractivity contribution in [2.24, 2.45) is 0 Å². The number of nitrogens with zero attached hydrogens (tertiary/aromatic N) is 3. The summed E-state index contributed by atoms with van der Waals surface area (Å²) in [5.41, 5.74) is 2.32. The summed E-state index contributed by atoms with van der Waals surface area (Å²) in [6.07, 6.45) is 0. The van der Waals surface area contributed by atoms with Crippen molar-refractivity contribution in [3.05, 3.63) is 65.5 Å². The van der Waals surface area contributed by atoms with E-state index in [2.05, 4.69) is 10.1 Å². The average molecular weight is 411 g/mol. The third kappa shape index (κ3) is 5.45. The molecule has 0 aliphatic rings. The third-order valence-electron chi connectivity index (χ3n) is 4.06. The smallest absolute Gasteiger partial charge is 0.339 e. The number of carbonyl (C=O) groups excluding carboxylic acids is 2. The van der Waals surface area contributed by atoms with Gasteiger partial charge in [0.1, 0.15) is 0 Å². The summed E-state index contributed by atoms with van der Waals surface area (Å²) in [7, 11) is 3.39. The zero-order valence-electron chi connectivity index (χ0n) is 16.4. The Hall–Kier alpha value is -3.13. The van der Waals surface area contributed by atoms with Crippen LogP contribution in [0.25, 0.3) is 11.5 Å². The lowest BCUT2D eigenvalue weighted by molar-refractivity contribution is -0.125. The molecule has 0 aliphatic heterocycles. The first-order chi connectivity index (χ1) is 13.9. The molecule has 150 valence electrons. The normalized spacial score (nSPS) is 10.6. The van der Waals surface area contributed by atoms with Gasteiger partial charge in [0.25, 0.3) is 5.89 Å². The van der Waals surface area contributed by atoms with Crippen molar-refractivity contribution in [1.29, 1.82) is 0 Å². The van der Waals surface area contributed by atoms with Gasteiger partial charge in [-0.2, -0.15) is 4.98 Å². The largest absolute Gasteiger partial charge is 0.454 e. The van der Waals surface area contributed by atoms with Gasteiger partial charge >= 0.3 is 5.97 Å². The lowest BCUT2D eigenvalue weighted by atomic mass is 10.1. The van der Waals surface area contributed by atoms with Crippen LogP contribution in [0.5, 0.6) is 0 Å². The summed E-state index contributed by atoms with van der Waals surface area (Å²) >= 11 is 1.29. The fourth-order valence-electron chi connectivity index (χ4n) is 2.36. The minimum absolute atomic E-state index is 0.0337. The first-order valence-corrected chi connectivity index (χ1v) is 9.91. The number of benzene rings is 2. The van der Waals surface area contributed by atoms with E-state index in [1.54, 1.807) is 32.3 Å². The molecule has 0 radical (unpaired) electrons. The molecule has 3 aromatic rings. The Labute approximate surface area is 173 Å². The summed E-state index contributed by atoms with van der Waals surface area (Å²) in [5.74, 6) is 0.346. The second-order valence-corrected chi connectivity index (χ2v) is 7.55. The molecular formula is C21H21N3O4S. The lowest BCUT2D eigenvalue weighted by Gasteiger charge is -2.11. The monoisotopic (exact) mass is 411 g/mol. The summed E-state index contributed by atoms with van der Waals surface area (Å²) in [6, 6.07) is 14.7. The molecule has 0 unspecified atom stereocenters. The molecule has 0 atom stereocenters. The molecule has 8 heteroatoms. The number of carbonyl (C=O) groups is 2. The number of hydrogen-bond acceptors (Lipinski definition) is 7. The SMILES string of the molecule is Cc1ccc(-c2nc(COC(=O)c3ccccc3SCC(=O)N(C)C)no2)cc1. The number of hydrogen-bond donors (Lipinski definition) is 0. The van der Waals surface area contributed by atoms with E-state index in [9.17, 15) is 9.59 Å². The molecule has 0 fully saturated rings. The van der Waals surface area contributed by atoms with E-state index in [0.717, 1.165) is 11.1 Å². The number of amides is 1. The fraction of sp³-hybridized carbons (Fsp3) is 0.238. The Morgan fingerprint density at radius 3 is 2.55 bits per heavy atom. The zero-order chi connectivity index (χ0) is 20.8. The highest BCUT2D eigenvalue weighted by molar-refractivity contribution is 8.00. The number of esters is 1. The topological polar surface area (TPSA) is 85.5 Å².